The van der Waals surface area contributed by atoms with Crippen LogP contribution in [0.5, 0.6) is 5.75 Å². The Balaban J connectivity index is 1.61. The van der Waals surface area contributed by atoms with Gasteiger partial charge in [-0.1, -0.05) is 62.0 Å². The quantitative estimate of drug-likeness (QED) is 0.393. The first kappa shape index (κ1) is 20.3. The highest BCUT2D eigenvalue weighted by Gasteiger charge is 2.13. The zero-order valence-electron chi connectivity index (χ0n) is 17.0. The molecule has 0 saturated carbocycles. The number of nitrogens with one attached hydrogen (secondary N) is 1. The molecule has 148 valence electrons. The fraction of sp³-hybridized carbons (Fsp3) is 0.364. The van der Waals surface area contributed by atoms with E-state index in [1.807, 2.05) is 18.2 Å². The number of anilines is 1. The Labute approximate surface area is 171 Å². The number of ether oxygens (including phenoxy) is 1. The van der Waals surface area contributed by atoms with Crippen LogP contribution in [0.1, 0.15) is 32.3 Å². The van der Waals surface area contributed by atoms with Gasteiger partial charge in [0.2, 0.25) is 0 Å². The summed E-state index contributed by atoms with van der Waals surface area (Å²) < 4.78 is 7.71. The van der Waals surface area contributed by atoms with E-state index in [1.54, 1.807) is 18.9 Å². The van der Waals surface area contributed by atoms with Crippen LogP contribution in [0.3, 0.4) is 0 Å². The lowest BCUT2D eigenvalue weighted by molar-refractivity contribution is 0.415. The fourth-order valence-electron chi connectivity index (χ4n) is 3.02. The molecule has 2 aromatic carbocycles. The average Bonchev–Trinajstić information content (AvgIpc) is 3.14. The second kappa shape index (κ2) is 9.64. The number of methoxy groups -OCH3 is 1. The first-order chi connectivity index (χ1) is 13.6. The molecule has 0 unspecified atom stereocenters. The monoisotopic (exact) mass is 396 g/mol. The molecule has 3 aromatic rings. The molecule has 0 radical (unpaired) electrons. The molecule has 0 fully saturated rings. The van der Waals surface area contributed by atoms with Gasteiger partial charge in [0, 0.05) is 24.4 Å². The van der Waals surface area contributed by atoms with Crippen LogP contribution in [0.15, 0.2) is 53.7 Å². The molecular formula is C22H28N4OS. The van der Waals surface area contributed by atoms with Crippen molar-refractivity contribution >= 4 is 17.4 Å². The molecule has 0 spiro atoms. The summed E-state index contributed by atoms with van der Waals surface area (Å²) >= 11 is 1.71. The van der Waals surface area contributed by atoms with Crippen molar-refractivity contribution < 1.29 is 4.74 Å². The van der Waals surface area contributed by atoms with Crippen molar-refractivity contribution in [2.24, 2.45) is 0 Å². The maximum atomic E-state index is 5.54. The zero-order chi connectivity index (χ0) is 19.9. The summed E-state index contributed by atoms with van der Waals surface area (Å²) in [6.45, 7) is 8.16. The van der Waals surface area contributed by atoms with Crippen molar-refractivity contribution in [1.29, 1.82) is 0 Å². The molecule has 1 aromatic heterocycles. The Morgan fingerprint density at radius 3 is 2.57 bits per heavy atom. The molecule has 1 N–H and O–H groups in total. The Hall–Kier alpha value is -2.47. The minimum Gasteiger partial charge on any atom is -0.495 e. The lowest BCUT2D eigenvalue weighted by Crippen LogP contribution is -2.07. The van der Waals surface area contributed by atoms with Crippen molar-refractivity contribution in [2.45, 2.75) is 38.4 Å². The van der Waals surface area contributed by atoms with E-state index in [4.69, 9.17) is 4.74 Å². The second-order valence-electron chi connectivity index (χ2n) is 6.81. The molecule has 0 atom stereocenters. The molecule has 28 heavy (non-hydrogen) atoms. The van der Waals surface area contributed by atoms with E-state index in [-0.39, 0.29) is 0 Å². The largest absolute Gasteiger partial charge is 0.495 e. The van der Waals surface area contributed by atoms with E-state index in [0.717, 1.165) is 46.8 Å². The van der Waals surface area contributed by atoms with Crippen molar-refractivity contribution in [2.75, 3.05) is 24.7 Å². The maximum absolute atomic E-state index is 5.54. The number of rotatable bonds is 9. The van der Waals surface area contributed by atoms with Crippen LogP contribution in [-0.4, -0.2) is 34.2 Å². The smallest absolute Gasteiger partial charge is 0.191 e. The van der Waals surface area contributed by atoms with E-state index < -0.39 is 0 Å². The first-order valence-corrected chi connectivity index (χ1v) is 10.7. The van der Waals surface area contributed by atoms with Gasteiger partial charge in [0.25, 0.3) is 0 Å². The van der Waals surface area contributed by atoms with E-state index in [0.29, 0.717) is 5.92 Å². The summed E-state index contributed by atoms with van der Waals surface area (Å²) in [6, 6.07) is 16.6. The molecule has 3 rings (SSSR count). The summed E-state index contributed by atoms with van der Waals surface area (Å²) in [4.78, 5) is 0. The molecule has 0 bridgehead atoms. The van der Waals surface area contributed by atoms with Gasteiger partial charge in [0.05, 0.1) is 12.8 Å². The molecule has 0 saturated heterocycles. The lowest BCUT2D eigenvalue weighted by Gasteiger charge is -2.14. The molecule has 6 heteroatoms. The van der Waals surface area contributed by atoms with Gasteiger partial charge in [-0.15, -0.1) is 10.2 Å². The number of thioether (sulfide) groups is 1. The highest BCUT2D eigenvalue weighted by molar-refractivity contribution is 7.99. The number of aromatic nitrogens is 3. The Bertz CT molecular complexity index is 893. The van der Waals surface area contributed by atoms with Crippen LogP contribution in [-0.2, 0) is 6.54 Å². The summed E-state index contributed by atoms with van der Waals surface area (Å²) in [7, 11) is 1.72. The Kier molecular flexibility index (Phi) is 6.98. The minimum atomic E-state index is 0.484. The highest BCUT2D eigenvalue weighted by atomic mass is 32.2. The molecular weight excluding hydrogens is 368 g/mol. The fourth-order valence-corrected chi connectivity index (χ4v) is 3.88. The standard InChI is InChI=1S/C22H28N4OS/c1-5-26-21(17-9-7-6-8-10-17)24-25-22(26)28-14-13-23-19-12-11-18(16(2)3)15-20(19)27-4/h6-12,15-16,23H,5,13-14H2,1-4H3. The van der Waals surface area contributed by atoms with Crippen LogP contribution >= 0.6 is 11.8 Å². The maximum Gasteiger partial charge on any atom is 0.191 e. The van der Waals surface area contributed by atoms with Crippen LogP contribution in [0, 0.1) is 0 Å². The van der Waals surface area contributed by atoms with Crippen molar-refractivity contribution in [3.63, 3.8) is 0 Å². The van der Waals surface area contributed by atoms with E-state index in [1.165, 1.54) is 5.56 Å². The van der Waals surface area contributed by atoms with Gasteiger partial charge in [-0.3, -0.25) is 0 Å². The number of hydrogen-bond acceptors (Lipinski definition) is 5. The van der Waals surface area contributed by atoms with Crippen LogP contribution in [0.25, 0.3) is 11.4 Å². The minimum absolute atomic E-state index is 0.484. The van der Waals surface area contributed by atoms with Gasteiger partial charge >= 0.3 is 0 Å². The predicted octanol–water partition coefficient (Wildman–Crippen LogP) is 5.30. The lowest BCUT2D eigenvalue weighted by atomic mass is 10.0. The normalized spacial score (nSPS) is 11.0. The average molecular weight is 397 g/mol. The third kappa shape index (κ3) is 4.68. The van der Waals surface area contributed by atoms with Gasteiger partial charge in [-0.05, 0) is 30.5 Å². The molecule has 0 aliphatic carbocycles. The second-order valence-corrected chi connectivity index (χ2v) is 7.87. The summed E-state index contributed by atoms with van der Waals surface area (Å²) in [5, 5.41) is 13.2. The van der Waals surface area contributed by atoms with E-state index >= 15 is 0 Å². The predicted molar refractivity (Wildman–Crippen MR) is 117 cm³/mol. The van der Waals surface area contributed by atoms with Crippen LogP contribution in [0.4, 0.5) is 5.69 Å². The molecule has 5 nitrogen and oxygen atoms in total. The first-order valence-electron chi connectivity index (χ1n) is 9.67. The van der Waals surface area contributed by atoms with Gasteiger partial charge in [0.15, 0.2) is 11.0 Å². The number of nitrogens with zero attached hydrogens (tertiary/aromatic N) is 3. The Morgan fingerprint density at radius 1 is 1.11 bits per heavy atom. The number of benzene rings is 2. The Morgan fingerprint density at radius 2 is 1.89 bits per heavy atom. The van der Waals surface area contributed by atoms with Gasteiger partial charge in [-0.2, -0.15) is 0 Å². The zero-order valence-corrected chi connectivity index (χ0v) is 17.8. The third-order valence-electron chi connectivity index (χ3n) is 4.61. The molecule has 0 amide bonds. The highest BCUT2D eigenvalue weighted by Crippen LogP contribution is 2.29. The van der Waals surface area contributed by atoms with Crippen molar-refractivity contribution in [3.05, 3.63) is 54.1 Å². The van der Waals surface area contributed by atoms with Crippen molar-refractivity contribution in [3.8, 4) is 17.1 Å². The number of hydrogen-bond donors (Lipinski definition) is 1. The molecule has 1 heterocycles. The molecule has 0 aliphatic rings. The molecule has 0 aliphatic heterocycles. The van der Waals surface area contributed by atoms with Crippen molar-refractivity contribution in [1.82, 2.24) is 14.8 Å². The van der Waals surface area contributed by atoms with Crippen LogP contribution < -0.4 is 10.1 Å². The van der Waals surface area contributed by atoms with E-state index in [9.17, 15) is 0 Å². The summed E-state index contributed by atoms with van der Waals surface area (Å²) in [5.41, 5.74) is 3.40. The SMILES string of the molecule is CCn1c(SCCNc2ccc(C(C)C)cc2OC)nnc1-c1ccccc1. The third-order valence-corrected chi connectivity index (χ3v) is 5.57. The van der Waals surface area contributed by atoms with Crippen LogP contribution in [0.2, 0.25) is 0 Å². The van der Waals surface area contributed by atoms with Gasteiger partial charge < -0.3 is 14.6 Å². The summed E-state index contributed by atoms with van der Waals surface area (Å²) in [5.74, 6) is 3.18. The van der Waals surface area contributed by atoms with E-state index in [2.05, 4.69) is 71.2 Å². The summed E-state index contributed by atoms with van der Waals surface area (Å²) in [6.07, 6.45) is 0. The topological polar surface area (TPSA) is 52.0 Å². The van der Waals surface area contributed by atoms with Gasteiger partial charge in [0.1, 0.15) is 5.75 Å². The van der Waals surface area contributed by atoms with Gasteiger partial charge in [-0.25, -0.2) is 0 Å².